The highest BCUT2D eigenvalue weighted by Crippen LogP contribution is 2.25. The van der Waals surface area contributed by atoms with Crippen LogP contribution < -0.4 is 0 Å². The van der Waals surface area contributed by atoms with Crippen LogP contribution in [0.15, 0.2) is 48.5 Å². The van der Waals surface area contributed by atoms with E-state index in [-0.39, 0.29) is 23.3 Å². The molecular formula is C18H18F2N2O. The van der Waals surface area contributed by atoms with Crippen LogP contribution in [0.25, 0.3) is 0 Å². The number of piperazine rings is 1. The molecule has 0 saturated carbocycles. The minimum atomic E-state index is -0.505. The second-order valence-electron chi connectivity index (χ2n) is 5.78. The number of hydrogen-bond donors (Lipinski definition) is 0. The first-order valence-electron chi connectivity index (χ1n) is 7.56. The zero-order valence-corrected chi connectivity index (χ0v) is 12.9. The van der Waals surface area contributed by atoms with E-state index in [4.69, 9.17) is 0 Å². The second kappa shape index (κ2) is 6.46. The number of hydrogen-bond acceptors (Lipinski definition) is 2. The predicted octanol–water partition coefficient (Wildman–Crippen LogP) is 3.09. The van der Waals surface area contributed by atoms with Crippen LogP contribution in [-0.4, -0.2) is 42.4 Å². The van der Waals surface area contributed by atoms with E-state index in [9.17, 15) is 13.6 Å². The smallest absolute Gasteiger partial charge is 0.256 e. The zero-order valence-electron chi connectivity index (χ0n) is 12.9. The van der Waals surface area contributed by atoms with E-state index >= 15 is 0 Å². The van der Waals surface area contributed by atoms with Gasteiger partial charge in [-0.15, -0.1) is 0 Å². The van der Waals surface area contributed by atoms with Gasteiger partial charge < -0.3 is 4.90 Å². The minimum Gasteiger partial charge on any atom is -0.335 e. The van der Waals surface area contributed by atoms with Gasteiger partial charge in [-0.2, -0.15) is 0 Å². The molecule has 3 nitrogen and oxygen atoms in total. The van der Waals surface area contributed by atoms with Gasteiger partial charge in [-0.25, -0.2) is 8.78 Å². The highest BCUT2D eigenvalue weighted by atomic mass is 19.1. The predicted molar refractivity (Wildman–Crippen MR) is 84.1 cm³/mol. The molecule has 1 unspecified atom stereocenters. The van der Waals surface area contributed by atoms with Crippen molar-refractivity contribution < 1.29 is 13.6 Å². The van der Waals surface area contributed by atoms with Gasteiger partial charge in [0.2, 0.25) is 0 Å². The molecule has 0 spiro atoms. The van der Waals surface area contributed by atoms with Crippen LogP contribution in [-0.2, 0) is 0 Å². The van der Waals surface area contributed by atoms with E-state index < -0.39 is 5.82 Å². The molecule has 1 aliphatic rings. The third-order valence-electron chi connectivity index (χ3n) is 4.29. The molecule has 0 N–H and O–H groups in total. The second-order valence-corrected chi connectivity index (χ2v) is 5.78. The molecule has 1 heterocycles. The fourth-order valence-corrected chi connectivity index (χ4v) is 2.91. The standard InChI is InChI=1S/C18H18F2N2O/c1-21-10-11-22(18(23)15-4-2-3-5-16(15)20)12-17(21)13-6-8-14(19)9-7-13/h2-9,17H,10-12H2,1H3. The average Bonchev–Trinajstić information content (AvgIpc) is 2.56. The third-order valence-corrected chi connectivity index (χ3v) is 4.29. The van der Waals surface area contributed by atoms with Crippen LogP contribution in [0.2, 0.25) is 0 Å². The summed E-state index contributed by atoms with van der Waals surface area (Å²) in [6.07, 6.45) is 0. The Morgan fingerprint density at radius 1 is 1.04 bits per heavy atom. The summed E-state index contributed by atoms with van der Waals surface area (Å²) < 4.78 is 26.9. The zero-order chi connectivity index (χ0) is 16.4. The van der Waals surface area contributed by atoms with Crippen molar-refractivity contribution in [3.05, 3.63) is 71.3 Å². The lowest BCUT2D eigenvalue weighted by Gasteiger charge is -2.39. The molecule has 23 heavy (non-hydrogen) atoms. The van der Waals surface area contributed by atoms with Gasteiger partial charge in [-0.05, 0) is 36.9 Å². The van der Waals surface area contributed by atoms with Crippen molar-refractivity contribution in [2.45, 2.75) is 6.04 Å². The van der Waals surface area contributed by atoms with E-state index in [0.717, 1.165) is 5.56 Å². The van der Waals surface area contributed by atoms with Gasteiger partial charge in [0.05, 0.1) is 11.6 Å². The average molecular weight is 316 g/mol. The van der Waals surface area contributed by atoms with E-state index in [1.807, 2.05) is 7.05 Å². The summed E-state index contributed by atoms with van der Waals surface area (Å²) in [6, 6.07) is 12.3. The quantitative estimate of drug-likeness (QED) is 0.850. The largest absolute Gasteiger partial charge is 0.335 e. The first kappa shape index (κ1) is 15.6. The van der Waals surface area contributed by atoms with Crippen LogP contribution in [0.1, 0.15) is 22.0 Å². The molecule has 3 rings (SSSR count). The van der Waals surface area contributed by atoms with Gasteiger partial charge in [0, 0.05) is 19.6 Å². The van der Waals surface area contributed by atoms with Gasteiger partial charge in [0.15, 0.2) is 0 Å². The summed E-state index contributed by atoms with van der Waals surface area (Å²) in [6.45, 7) is 1.68. The third kappa shape index (κ3) is 3.24. The number of carbonyl (C=O) groups excluding carboxylic acids is 1. The van der Waals surface area contributed by atoms with Crippen molar-refractivity contribution in [2.75, 3.05) is 26.7 Å². The molecule has 1 atom stereocenters. The van der Waals surface area contributed by atoms with E-state index in [2.05, 4.69) is 4.90 Å². The maximum absolute atomic E-state index is 13.8. The first-order chi connectivity index (χ1) is 11.1. The van der Waals surface area contributed by atoms with Crippen molar-refractivity contribution in [2.24, 2.45) is 0 Å². The number of halogens is 2. The molecule has 120 valence electrons. The van der Waals surface area contributed by atoms with Gasteiger partial charge in [0.25, 0.3) is 5.91 Å². The Balaban J connectivity index is 1.81. The van der Waals surface area contributed by atoms with Gasteiger partial charge in [-0.3, -0.25) is 9.69 Å². The number of carbonyl (C=O) groups is 1. The van der Waals surface area contributed by atoms with Crippen LogP contribution >= 0.6 is 0 Å². The monoisotopic (exact) mass is 316 g/mol. The summed E-state index contributed by atoms with van der Waals surface area (Å²) in [5.74, 6) is -1.09. The Morgan fingerprint density at radius 3 is 2.43 bits per heavy atom. The molecular weight excluding hydrogens is 298 g/mol. The number of nitrogens with zero attached hydrogens (tertiary/aromatic N) is 2. The van der Waals surface area contributed by atoms with Gasteiger partial charge >= 0.3 is 0 Å². The molecule has 5 heteroatoms. The summed E-state index contributed by atoms with van der Waals surface area (Å²) in [4.78, 5) is 16.3. The number of rotatable bonds is 2. The number of amides is 1. The Labute approximate surface area is 134 Å². The highest BCUT2D eigenvalue weighted by molar-refractivity contribution is 5.94. The number of benzene rings is 2. The van der Waals surface area contributed by atoms with E-state index in [1.165, 1.54) is 24.3 Å². The molecule has 1 aliphatic heterocycles. The van der Waals surface area contributed by atoms with Crippen molar-refractivity contribution in [3.63, 3.8) is 0 Å². The number of likely N-dealkylation sites (N-methyl/N-ethyl adjacent to an activating group) is 1. The molecule has 2 aromatic carbocycles. The molecule has 2 aromatic rings. The Morgan fingerprint density at radius 2 is 1.74 bits per heavy atom. The van der Waals surface area contributed by atoms with Crippen molar-refractivity contribution >= 4 is 5.91 Å². The Kier molecular flexibility index (Phi) is 4.39. The lowest BCUT2D eigenvalue weighted by atomic mass is 10.0. The molecule has 0 bridgehead atoms. The van der Waals surface area contributed by atoms with E-state index in [0.29, 0.717) is 19.6 Å². The van der Waals surface area contributed by atoms with Crippen LogP contribution in [0, 0.1) is 11.6 Å². The summed E-state index contributed by atoms with van der Waals surface area (Å²) in [7, 11) is 1.97. The first-order valence-corrected chi connectivity index (χ1v) is 7.56. The van der Waals surface area contributed by atoms with Crippen LogP contribution in [0.4, 0.5) is 8.78 Å². The van der Waals surface area contributed by atoms with Gasteiger partial charge in [-0.1, -0.05) is 24.3 Å². The summed E-state index contributed by atoms with van der Waals surface area (Å²) >= 11 is 0. The molecule has 0 aromatic heterocycles. The molecule has 1 fully saturated rings. The highest BCUT2D eigenvalue weighted by Gasteiger charge is 2.29. The molecule has 1 saturated heterocycles. The van der Waals surface area contributed by atoms with Gasteiger partial charge in [0.1, 0.15) is 11.6 Å². The topological polar surface area (TPSA) is 23.6 Å². The summed E-state index contributed by atoms with van der Waals surface area (Å²) in [5.41, 5.74) is 1.04. The maximum Gasteiger partial charge on any atom is 0.256 e. The van der Waals surface area contributed by atoms with Crippen molar-refractivity contribution in [1.29, 1.82) is 0 Å². The SMILES string of the molecule is CN1CCN(C(=O)c2ccccc2F)CC1c1ccc(F)cc1. The lowest BCUT2D eigenvalue weighted by Crippen LogP contribution is -2.49. The Hall–Kier alpha value is -2.27. The summed E-state index contributed by atoms with van der Waals surface area (Å²) in [5, 5.41) is 0. The molecule has 0 aliphatic carbocycles. The van der Waals surface area contributed by atoms with E-state index in [1.54, 1.807) is 29.2 Å². The van der Waals surface area contributed by atoms with Crippen molar-refractivity contribution in [3.8, 4) is 0 Å². The maximum atomic E-state index is 13.8. The normalized spacial score (nSPS) is 18.9. The molecule has 1 amide bonds. The van der Waals surface area contributed by atoms with Crippen molar-refractivity contribution in [1.82, 2.24) is 9.80 Å². The Bertz CT molecular complexity index is 702. The minimum absolute atomic E-state index is 0.0277. The van der Waals surface area contributed by atoms with Crippen LogP contribution in [0.3, 0.4) is 0 Å². The fourth-order valence-electron chi connectivity index (χ4n) is 2.91. The lowest BCUT2D eigenvalue weighted by molar-refractivity contribution is 0.0542. The van der Waals surface area contributed by atoms with Crippen LogP contribution in [0.5, 0.6) is 0 Å². The molecule has 0 radical (unpaired) electrons. The fraction of sp³-hybridized carbons (Fsp3) is 0.278.